The summed E-state index contributed by atoms with van der Waals surface area (Å²) in [4.78, 5) is 27.3. The average molecular weight is 588 g/mol. The summed E-state index contributed by atoms with van der Waals surface area (Å²) in [6.45, 7) is 6.81. The number of carboxylic acids is 1. The molecule has 224 valence electrons. The van der Waals surface area contributed by atoms with Crippen LogP contribution < -0.4 is 24.4 Å². The van der Waals surface area contributed by atoms with Crippen molar-refractivity contribution in [1.82, 2.24) is 15.0 Å². The van der Waals surface area contributed by atoms with E-state index in [9.17, 15) is 14.3 Å². The van der Waals surface area contributed by atoms with Gasteiger partial charge >= 0.3 is 5.97 Å². The number of aromatic nitrogens is 3. The van der Waals surface area contributed by atoms with E-state index in [1.807, 2.05) is 31.2 Å². The number of hydrogen-bond donors (Lipinski definition) is 2. The number of piperidine rings is 1. The maximum absolute atomic E-state index is 14.8. The lowest BCUT2D eigenvalue weighted by Crippen LogP contribution is -2.41. The zero-order chi connectivity index (χ0) is 30.4. The van der Waals surface area contributed by atoms with Gasteiger partial charge in [-0.15, -0.1) is 0 Å². The Labute approximate surface area is 249 Å². The Hall–Kier alpha value is -4.93. The number of pyridine rings is 1. The average Bonchev–Trinajstić information content (AvgIpc) is 2.99. The van der Waals surface area contributed by atoms with Gasteiger partial charge < -0.3 is 29.5 Å². The second-order valence-electron chi connectivity index (χ2n) is 10.6. The van der Waals surface area contributed by atoms with E-state index in [2.05, 4.69) is 20.2 Å². The molecule has 0 unspecified atom stereocenters. The van der Waals surface area contributed by atoms with Crippen LogP contribution in [0.2, 0.25) is 0 Å². The highest BCUT2D eigenvalue weighted by Gasteiger charge is 2.30. The Morgan fingerprint density at radius 3 is 2.67 bits per heavy atom. The van der Waals surface area contributed by atoms with Crippen LogP contribution in [0.15, 0.2) is 73.1 Å². The van der Waals surface area contributed by atoms with E-state index in [0.717, 1.165) is 30.9 Å². The first kappa shape index (κ1) is 29.6. The fourth-order valence-corrected chi connectivity index (χ4v) is 4.70. The number of aliphatic carboxylic acids is 1. The number of para-hydroxylation sites is 2. The van der Waals surface area contributed by atoms with Crippen LogP contribution >= 0.6 is 0 Å². The van der Waals surface area contributed by atoms with Crippen LogP contribution in [0.25, 0.3) is 11.3 Å². The summed E-state index contributed by atoms with van der Waals surface area (Å²) in [6, 6.07) is 16.9. The zero-order valence-electron chi connectivity index (χ0n) is 24.3. The number of halogens is 1. The lowest BCUT2D eigenvalue weighted by Gasteiger charge is -2.33. The molecule has 43 heavy (non-hydrogen) atoms. The third kappa shape index (κ3) is 7.29. The van der Waals surface area contributed by atoms with Gasteiger partial charge in [0.2, 0.25) is 0 Å². The summed E-state index contributed by atoms with van der Waals surface area (Å²) in [5.74, 6) is 1.63. The molecule has 1 aliphatic rings. The van der Waals surface area contributed by atoms with Gasteiger partial charge in [-0.05, 0) is 76.1 Å². The second kappa shape index (κ2) is 12.9. The Balaban J connectivity index is 1.29. The predicted octanol–water partition coefficient (Wildman–Crippen LogP) is 6.11. The normalized spacial score (nSPS) is 15.1. The van der Waals surface area contributed by atoms with E-state index in [1.165, 1.54) is 32.0 Å². The summed E-state index contributed by atoms with van der Waals surface area (Å²) in [7, 11) is 0. The first-order valence-electron chi connectivity index (χ1n) is 14.1. The highest BCUT2D eigenvalue weighted by atomic mass is 19.1. The van der Waals surface area contributed by atoms with Gasteiger partial charge in [-0.25, -0.2) is 19.2 Å². The molecule has 1 saturated heterocycles. The molecule has 11 heteroatoms. The SMILES string of the molecule is CCOc1ccccc1O[C@@H]1CCCN(c2cncc(Nc3cccc(-c4cc(OC(C)(C)C(=O)O)ccc4F)n3)n2)C1. The summed E-state index contributed by atoms with van der Waals surface area (Å²) >= 11 is 0. The maximum Gasteiger partial charge on any atom is 0.347 e. The molecule has 1 aliphatic heterocycles. The second-order valence-corrected chi connectivity index (χ2v) is 10.6. The Morgan fingerprint density at radius 1 is 1.07 bits per heavy atom. The molecule has 1 fully saturated rings. The Morgan fingerprint density at radius 2 is 1.88 bits per heavy atom. The largest absolute Gasteiger partial charge is 0.490 e. The lowest BCUT2D eigenvalue weighted by atomic mass is 10.1. The molecule has 3 heterocycles. The molecule has 2 aromatic carbocycles. The highest BCUT2D eigenvalue weighted by molar-refractivity contribution is 5.77. The molecule has 0 bridgehead atoms. The number of benzene rings is 2. The number of carbonyl (C=O) groups is 1. The number of hydrogen-bond acceptors (Lipinski definition) is 9. The van der Waals surface area contributed by atoms with E-state index < -0.39 is 17.4 Å². The van der Waals surface area contributed by atoms with Gasteiger partial charge in [0.15, 0.2) is 22.9 Å². The van der Waals surface area contributed by atoms with Crippen molar-refractivity contribution in [1.29, 1.82) is 0 Å². The molecule has 10 nitrogen and oxygen atoms in total. The Kier molecular flexibility index (Phi) is 8.89. The fourth-order valence-electron chi connectivity index (χ4n) is 4.70. The minimum atomic E-state index is -1.48. The monoisotopic (exact) mass is 587 g/mol. The van der Waals surface area contributed by atoms with Gasteiger partial charge in [0.25, 0.3) is 0 Å². The van der Waals surface area contributed by atoms with E-state index in [0.29, 0.717) is 36.3 Å². The maximum atomic E-state index is 14.8. The molecular weight excluding hydrogens is 553 g/mol. The van der Waals surface area contributed by atoms with E-state index >= 15 is 0 Å². The molecule has 0 saturated carbocycles. The predicted molar refractivity (Wildman–Crippen MR) is 161 cm³/mol. The van der Waals surface area contributed by atoms with Gasteiger partial charge in [0, 0.05) is 12.1 Å². The van der Waals surface area contributed by atoms with Crippen LogP contribution in [0.4, 0.5) is 21.8 Å². The van der Waals surface area contributed by atoms with Crippen LogP contribution in [-0.4, -0.2) is 57.4 Å². The van der Waals surface area contributed by atoms with Crippen LogP contribution in [0, 0.1) is 5.82 Å². The number of ether oxygens (including phenoxy) is 3. The minimum absolute atomic E-state index is 0.0390. The van der Waals surface area contributed by atoms with Gasteiger partial charge in [0.05, 0.1) is 31.2 Å². The summed E-state index contributed by atoms with van der Waals surface area (Å²) in [5, 5.41) is 12.5. The van der Waals surface area contributed by atoms with Crippen molar-refractivity contribution in [3.8, 4) is 28.5 Å². The van der Waals surface area contributed by atoms with Crippen molar-refractivity contribution >= 4 is 23.4 Å². The smallest absolute Gasteiger partial charge is 0.347 e. The number of rotatable bonds is 11. The van der Waals surface area contributed by atoms with Crippen molar-refractivity contribution in [3.63, 3.8) is 0 Å². The molecule has 2 aromatic heterocycles. The molecule has 2 N–H and O–H groups in total. The van der Waals surface area contributed by atoms with Crippen LogP contribution in [-0.2, 0) is 4.79 Å². The molecule has 0 spiro atoms. The zero-order valence-corrected chi connectivity index (χ0v) is 24.3. The Bertz CT molecular complexity index is 1580. The van der Waals surface area contributed by atoms with E-state index in [-0.39, 0.29) is 17.4 Å². The van der Waals surface area contributed by atoms with Crippen LogP contribution in [0.1, 0.15) is 33.6 Å². The third-order valence-corrected chi connectivity index (χ3v) is 6.87. The van der Waals surface area contributed by atoms with Gasteiger partial charge in [-0.1, -0.05) is 18.2 Å². The lowest BCUT2D eigenvalue weighted by molar-refractivity contribution is -0.152. The van der Waals surface area contributed by atoms with Crippen LogP contribution in [0.5, 0.6) is 17.2 Å². The van der Waals surface area contributed by atoms with Crippen molar-refractivity contribution in [2.45, 2.75) is 45.3 Å². The van der Waals surface area contributed by atoms with E-state index in [4.69, 9.17) is 19.2 Å². The molecular formula is C32H34FN5O5. The molecule has 4 aromatic rings. The van der Waals surface area contributed by atoms with Crippen molar-refractivity contribution in [2.24, 2.45) is 0 Å². The molecule has 0 radical (unpaired) electrons. The summed E-state index contributed by atoms with van der Waals surface area (Å²) in [6.07, 6.45) is 5.11. The quantitative estimate of drug-likeness (QED) is 0.213. The highest BCUT2D eigenvalue weighted by Crippen LogP contribution is 2.31. The molecule has 0 aliphatic carbocycles. The van der Waals surface area contributed by atoms with Crippen molar-refractivity contribution in [3.05, 3.63) is 78.9 Å². The third-order valence-electron chi connectivity index (χ3n) is 6.87. The van der Waals surface area contributed by atoms with Gasteiger partial charge in [0.1, 0.15) is 29.3 Å². The number of carboxylic acid groups (broad SMARTS) is 1. The van der Waals surface area contributed by atoms with Crippen molar-refractivity contribution in [2.75, 3.05) is 29.9 Å². The standard InChI is InChI=1S/C32H34FN5O5/c1-4-41-26-11-5-6-12-27(26)42-22-9-8-16-38(20-22)30-19-34-18-29(37-30)36-28-13-7-10-25(35-28)23-17-21(14-15-24(23)33)43-32(2,3)31(39)40/h5-7,10-15,17-19,22H,4,8-9,16,20H2,1-3H3,(H,39,40)(H,35,36,37)/t22-/m1/s1. The van der Waals surface area contributed by atoms with Crippen LogP contribution in [0.3, 0.4) is 0 Å². The molecule has 5 rings (SSSR count). The summed E-state index contributed by atoms with van der Waals surface area (Å²) < 4.78 is 32.4. The first-order chi connectivity index (χ1) is 20.7. The number of anilines is 3. The van der Waals surface area contributed by atoms with Gasteiger partial charge in [-0.2, -0.15) is 0 Å². The number of nitrogens with one attached hydrogen (secondary N) is 1. The van der Waals surface area contributed by atoms with Crippen molar-refractivity contribution < 1.29 is 28.5 Å². The molecule has 0 amide bonds. The number of nitrogens with zero attached hydrogens (tertiary/aromatic N) is 4. The minimum Gasteiger partial charge on any atom is -0.490 e. The van der Waals surface area contributed by atoms with Gasteiger partial charge in [-0.3, -0.25) is 4.98 Å². The summed E-state index contributed by atoms with van der Waals surface area (Å²) in [5.41, 5.74) is -0.967. The fraction of sp³-hybridized carbons (Fsp3) is 0.312. The van der Waals surface area contributed by atoms with E-state index in [1.54, 1.807) is 30.6 Å². The topological polar surface area (TPSA) is 119 Å². The first-order valence-corrected chi connectivity index (χ1v) is 14.1. The molecule has 1 atom stereocenters.